The van der Waals surface area contributed by atoms with Crippen LogP contribution in [0.25, 0.3) is 10.7 Å². The first kappa shape index (κ1) is 22.6. The van der Waals surface area contributed by atoms with Gasteiger partial charge in [-0.05, 0) is 62.1 Å². The number of morpholine rings is 1. The van der Waals surface area contributed by atoms with Gasteiger partial charge in [0.25, 0.3) is 0 Å². The SMILES string of the molecule is CC1CN(c2ccc(CNC(=O)C(C)n3c(-c4cccs4)n[nH]c3=S)cc2F)CC(C)O1. The minimum Gasteiger partial charge on any atom is -0.372 e. The maximum Gasteiger partial charge on any atom is 0.243 e. The molecule has 32 heavy (non-hydrogen) atoms. The Hall–Kier alpha value is -2.56. The van der Waals surface area contributed by atoms with Gasteiger partial charge in [-0.25, -0.2) is 4.39 Å². The summed E-state index contributed by atoms with van der Waals surface area (Å²) in [5, 5.41) is 11.9. The molecule has 1 fully saturated rings. The summed E-state index contributed by atoms with van der Waals surface area (Å²) in [6.07, 6.45) is 0.0970. The number of H-pyrrole nitrogens is 1. The third kappa shape index (κ3) is 4.77. The van der Waals surface area contributed by atoms with Gasteiger partial charge >= 0.3 is 0 Å². The van der Waals surface area contributed by atoms with Crippen molar-refractivity contribution in [2.45, 2.75) is 45.6 Å². The number of carbonyl (C=O) groups is 1. The number of halogens is 1. The largest absolute Gasteiger partial charge is 0.372 e. The predicted molar refractivity (Wildman–Crippen MR) is 126 cm³/mol. The molecule has 7 nitrogen and oxygen atoms in total. The number of amides is 1. The van der Waals surface area contributed by atoms with Crippen LogP contribution in [0.15, 0.2) is 35.7 Å². The van der Waals surface area contributed by atoms with Crippen LogP contribution in [0.5, 0.6) is 0 Å². The van der Waals surface area contributed by atoms with Crippen molar-refractivity contribution >= 4 is 35.1 Å². The third-order valence-corrected chi connectivity index (χ3v) is 6.61. The van der Waals surface area contributed by atoms with E-state index >= 15 is 0 Å². The van der Waals surface area contributed by atoms with Crippen molar-refractivity contribution in [2.75, 3.05) is 18.0 Å². The van der Waals surface area contributed by atoms with E-state index < -0.39 is 6.04 Å². The van der Waals surface area contributed by atoms with Crippen LogP contribution >= 0.6 is 23.6 Å². The van der Waals surface area contributed by atoms with Crippen LogP contribution in [0.4, 0.5) is 10.1 Å². The molecule has 0 aliphatic carbocycles. The van der Waals surface area contributed by atoms with Crippen LogP contribution in [0.2, 0.25) is 0 Å². The van der Waals surface area contributed by atoms with Crippen LogP contribution in [-0.4, -0.2) is 46.0 Å². The van der Waals surface area contributed by atoms with Gasteiger partial charge in [0.2, 0.25) is 5.91 Å². The Labute approximate surface area is 195 Å². The van der Waals surface area contributed by atoms with Crippen LogP contribution in [-0.2, 0) is 16.1 Å². The van der Waals surface area contributed by atoms with E-state index in [1.807, 2.05) is 42.3 Å². The lowest BCUT2D eigenvalue weighted by Gasteiger charge is -2.37. The zero-order valence-electron chi connectivity index (χ0n) is 18.2. The Kier molecular flexibility index (Phi) is 6.73. The van der Waals surface area contributed by atoms with E-state index in [2.05, 4.69) is 15.5 Å². The molecule has 4 rings (SSSR count). The van der Waals surface area contributed by atoms with E-state index in [1.165, 1.54) is 17.4 Å². The molecule has 2 N–H and O–H groups in total. The van der Waals surface area contributed by atoms with Gasteiger partial charge in [0.1, 0.15) is 11.9 Å². The van der Waals surface area contributed by atoms with Crippen molar-refractivity contribution in [3.8, 4) is 10.7 Å². The van der Waals surface area contributed by atoms with Crippen molar-refractivity contribution in [1.82, 2.24) is 20.1 Å². The standard InChI is InChI=1S/C22H26FN5O2S2/c1-13-11-27(12-14(2)30-13)18-7-6-16(9-17(18)23)10-24-21(29)15(3)28-20(25-26-22(28)31)19-5-4-8-32-19/h4-9,13-15H,10-12H2,1-3H3,(H,24,29)(H,26,31). The number of nitrogens with zero attached hydrogens (tertiary/aromatic N) is 3. The number of carbonyl (C=O) groups excluding carboxylic acids is 1. The summed E-state index contributed by atoms with van der Waals surface area (Å²) in [5.74, 6) is 0.0979. The van der Waals surface area contributed by atoms with E-state index in [4.69, 9.17) is 17.0 Å². The summed E-state index contributed by atoms with van der Waals surface area (Å²) >= 11 is 6.86. The lowest BCUT2D eigenvalue weighted by Crippen LogP contribution is -2.45. The number of aromatic amines is 1. The number of ether oxygens (including phenoxy) is 1. The molecule has 1 aromatic carbocycles. The molecule has 1 amide bonds. The molecule has 0 radical (unpaired) electrons. The molecule has 1 aliphatic rings. The van der Waals surface area contributed by atoms with Crippen LogP contribution < -0.4 is 10.2 Å². The molecule has 3 heterocycles. The number of benzene rings is 1. The second-order valence-corrected chi connectivity index (χ2v) is 9.38. The van der Waals surface area contributed by atoms with E-state index in [0.29, 0.717) is 34.9 Å². The monoisotopic (exact) mass is 475 g/mol. The number of nitrogens with one attached hydrogen (secondary N) is 2. The maximum atomic E-state index is 14.8. The molecule has 0 saturated carbocycles. The molecule has 1 saturated heterocycles. The molecule has 0 spiro atoms. The molecular formula is C22H26FN5O2S2. The minimum absolute atomic E-state index is 0.0485. The lowest BCUT2D eigenvalue weighted by atomic mass is 10.1. The van der Waals surface area contributed by atoms with Gasteiger partial charge in [-0.15, -0.1) is 11.3 Å². The van der Waals surface area contributed by atoms with E-state index in [-0.39, 0.29) is 30.5 Å². The Morgan fingerprint density at radius 3 is 2.78 bits per heavy atom. The lowest BCUT2D eigenvalue weighted by molar-refractivity contribution is -0.124. The highest BCUT2D eigenvalue weighted by molar-refractivity contribution is 7.71. The van der Waals surface area contributed by atoms with Gasteiger partial charge in [-0.2, -0.15) is 5.10 Å². The van der Waals surface area contributed by atoms with Crippen molar-refractivity contribution in [3.63, 3.8) is 0 Å². The quantitative estimate of drug-likeness (QED) is 0.520. The average molecular weight is 476 g/mol. The first-order chi connectivity index (χ1) is 15.3. The Morgan fingerprint density at radius 2 is 2.12 bits per heavy atom. The van der Waals surface area contributed by atoms with Gasteiger partial charge < -0.3 is 15.0 Å². The number of aromatic nitrogens is 3. The van der Waals surface area contributed by atoms with Crippen LogP contribution in [0.1, 0.15) is 32.4 Å². The highest BCUT2D eigenvalue weighted by Crippen LogP contribution is 2.26. The van der Waals surface area contributed by atoms with E-state index in [9.17, 15) is 9.18 Å². The van der Waals surface area contributed by atoms with Crippen LogP contribution in [0, 0.1) is 10.6 Å². The third-order valence-electron chi connectivity index (χ3n) is 5.45. The van der Waals surface area contributed by atoms with E-state index in [1.54, 1.807) is 17.6 Å². The maximum absolute atomic E-state index is 14.8. The average Bonchev–Trinajstić information content (AvgIpc) is 3.40. The summed E-state index contributed by atoms with van der Waals surface area (Å²) in [6, 6.07) is 8.37. The second-order valence-electron chi connectivity index (χ2n) is 8.04. The fourth-order valence-corrected chi connectivity index (χ4v) is 4.99. The van der Waals surface area contributed by atoms with Gasteiger partial charge in [-0.1, -0.05) is 12.1 Å². The molecule has 1 aliphatic heterocycles. The molecule has 10 heteroatoms. The zero-order valence-corrected chi connectivity index (χ0v) is 19.8. The smallest absolute Gasteiger partial charge is 0.243 e. The van der Waals surface area contributed by atoms with Crippen LogP contribution in [0.3, 0.4) is 0 Å². The van der Waals surface area contributed by atoms with Crippen molar-refractivity contribution in [3.05, 3.63) is 51.9 Å². The molecule has 2 aromatic heterocycles. The Morgan fingerprint density at radius 1 is 1.38 bits per heavy atom. The number of thiophene rings is 1. The Bertz CT molecular complexity index is 1130. The number of hydrogen-bond acceptors (Lipinski definition) is 6. The first-order valence-electron chi connectivity index (χ1n) is 10.5. The molecule has 3 atom stereocenters. The summed E-state index contributed by atoms with van der Waals surface area (Å²) in [4.78, 5) is 15.8. The topological polar surface area (TPSA) is 75.2 Å². The molecular weight excluding hydrogens is 449 g/mol. The predicted octanol–water partition coefficient (Wildman–Crippen LogP) is 4.30. The van der Waals surface area contributed by atoms with Crippen molar-refractivity contribution in [2.24, 2.45) is 0 Å². The summed E-state index contributed by atoms with van der Waals surface area (Å²) < 4.78 is 22.6. The molecule has 0 bridgehead atoms. The van der Waals surface area contributed by atoms with E-state index in [0.717, 1.165) is 4.88 Å². The summed E-state index contributed by atoms with van der Waals surface area (Å²) in [6.45, 7) is 7.25. The fraction of sp³-hybridized carbons (Fsp3) is 0.409. The minimum atomic E-state index is -0.571. The Balaban J connectivity index is 1.43. The summed E-state index contributed by atoms with van der Waals surface area (Å²) in [5.41, 5.74) is 1.25. The molecule has 3 unspecified atom stereocenters. The van der Waals surface area contributed by atoms with Gasteiger partial charge in [0.15, 0.2) is 10.6 Å². The molecule has 3 aromatic rings. The van der Waals surface area contributed by atoms with Gasteiger partial charge in [0, 0.05) is 19.6 Å². The second kappa shape index (κ2) is 9.51. The summed E-state index contributed by atoms with van der Waals surface area (Å²) in [7, 11) is 0. The highest BCUT2D eigenvalue weighted by atomic mass is 32.1. The number of rotatable bonds is 6. The van der Waals surface area contributed by atoms with Crippen molar-refractivity contribution < 1.29 is 13.9 Å². The number of anilines is 1. The fourth-order valence-electron chi connectivity index (χ4n) is 3.99. The highest BCUT2D eigenvalue weighted by Gasteiger charge is 2.25. The normalized spacial score (nSPS) is 19.7. The number of hydrogen-bond donors (Lipinski definition) is 2. The van der Waals surface area contributed by atoms with Gasteiger partial charge in [0.05, 0.1) is 22.8 Å². The zero-order chi connectivity index (χ0) is 22.8. The first-order valence-corrected chi connectivity index (χ1v) is 11.8. The van der Waals surface area contributed by atoms with Gasteiger partial charge in [-0.3, -0.25) is 14.5 Å². The molecule has 170 valence electrons. The van der Waals surface area contributed by atoms with Crippen molar-refractivity contribution in [1.29, 1.82) is 0 Å².